The van der Waals surface area contributed by atoms with Gasteiger partial charge >= 0.3 is 6.09 Å². The highest BCUT2D eigenvalue weighted by molar-refractivity contribution is 9.10. The minimum atomic E-state index is -0.654. The molecule has 0 bridgehead atoms. The third kappa shape index (κ3) is 14.7. The number of amides is 3. The number of ether oxygens (including phenoxy) is 1. The molecule has 2 aliphatic carbocycles. The van der Waals surface area contributed by atoms with E-state index in [0.29, 0.717) is 43.8 Å². The Bertz CT molecular complexity index is 3090. The zero-order chi connectivity index (χ0) is 58.4. The van der Waals surface area contributed by atoms with Gasteiger partial charge in [-0.25, -0.2) is 14.8 Å². The highest BCUT2D eigenvalue weighted by Gasteiger charge is 2.45. The molecule has 3 amide bonds. The van der Waals surface area contributed by atoms with Gasteiger partial charge in [-0.1, -0.05) is 35.3 Å². The number of hydrogen-bond acceptors (Lipinski definition) is 10. The molecule has 8 unspecified atom stereocenters. The molecule has 4 fully saturated rings. The van der Waals surface area contributed by atoms with Gasteiger partial charge in [0.15, 0.2) is 0 Å². The summed E-state index contributed by atoms with van der Waals surface area (Å²) in [7, 11) is 1.00. The summed E-state index contributed by atoms with van der Waals surface area (Å²) in [6, 6.07) is 16.2. The maximum absolute atomic E-state index is 14.5. The van der Waals surface area contributed by atoms with Crippen molar-refractivity contribution < 1.29 is 24.2 Å². The van der Waals surface area contributed by atoms with E-state index in [0.717, 1.165) is 135 Å². The fraction of sp³-hybridized carbons (Fsp3) is 0.516. The monoisotopic (exact) mass is 1290 g/mol. The van der Waals surface area contributed by atoms with Crippen LogP contribution in [0.15, 0.2) is 107 Å². The van der Waals surface area contributed by atoms with Gasteiger partial charge < -0.3 is 34.1 Å². The molecule has 83 heavy (non-hydrogen) atoms. The van der Waals surface area contributed by atoms with Crippen molar-refractivity contribution in [3.8, 4) is 0 Å². The summed E-state index contributed by atoms with van der Waals surface area (Å²) in [4.78, 5) is 65.9. The van der Waals surface area contributed by atoms with Crippen LogP contribution in [0.25, 0.3) is 0 Å². The van der Waals surface area contributed by atoms with E-state index in [-0.39, 0.29) is 35.6 Å². The summed E-state index contributed by atoms with van der Waals surface area (Å²) in [5.41, 5.74) is 9.18. The van der Waals surface area contributed by atoms with E-state index in [1.54, 1.807) is 11.1 Å². The Labute approximate surface area is 515 Å². The van der Waals surface area contributed by atoms with Crippen molar-refractivity contribution in [2.24, 2.45) is 23.7 Å². The molecule has 19 heteroatoms. The molecule has 0 radical (unpaired) electrons. The van der Waals surface area contributed by atoms with E-state index in [2.05, 4.69) is 97.6 Å². The smallest absolute Gasteiger partial charge is 0.410 e. The van der Waals surface area contributed by atoms with Crippen LogP contribution in [0.2, 0.25) is 10.0 Å². The molecule has 0 saturated carbocycles. The molecule has 4 aliphatic heterocycles. The summed E-state index contributed by atoms with van der Waals surface area (Å²) in [6.45, 7) is 11.7. The molecule has 2 aromatic carbocycles. The Kier molecular flexibility index (Phi) is 20.2. The molecule has 4 aromatic heterocycles. The lowest BCUT2D eigenvalue weighted by molar-refractivity contribution is -0.141. The topological polar surface area (TPSA) is 164 Å². The molecule has 442 valence electrons. The number of imidazole rings is 2. The van der Waals surface area contributed by atoms with Gasteiger partial charge in [-0.05, 0) is 230 Å². The van der Waals surface area contributed by atoms with E-state index in [1.165, 1.54) is 39.1 Å². The van der Waals surface area contributed by atoms with Crippen LogP contribution in [-0.4, -0.2) is 131 Å². The fourth-order valence-corrected chi connectivity index (χ4v) is 15.2. The summed E-state index contributed by atoms with van der Waals surface area (Å²) < 4.78 is 12.0. The third-order valence-electron chi connectivity index (χ3n) is 17.7. The zero-order valence-corrected chi connectivity index (χ0v) is 52.8. The first-order valence-electron chi connectivity index (χ1n) is 29.6. The molecular formula is C64H78Br2Cl2N10O5. The van der Waals surface area contributed by atoms with Crippen LogP contribution < -0.4 is 5.32 Å². The normalized spacial score (nSPS) is 24.2. The third-order valence-corrected chi connectivity index (χ3v) is 19.0. The number of rotatable bonds is 8. The number of aryl methyl sites for hydroxylation is 4. The Balaban J connectivity index is 0.000000182. The number of halogens is 4. The van der Waals surface area contributed by atoms with Crippen molar-refractivity contribution in [2.45, 2.75) is 140 Å². The fourth-order valence-electron chi connectivity index (χ4n) is 14.1. The highest BCUT2D eigenvalue weighted by atomic mass is 79.9. The molecule has 12 rings (SSSR count). The first-order valence-corrected chi connectivity index (χ1v) is 32.0. The highest BCUT2D eigenvalue weighted by Crippen LogP contribution is 2.46. The number of aliphatic hydroxyl groups is 1. The molecule has 8 atom stereocenters. The largest absolute Gasteiger partial charge is 0.444 e. The second kappa shape index (κ2) is 27.5. The van der Waals surface area contributed by atoms with Gasteiger partial charge in [0.05, 0.1) is 30.1 Å². The standard InChI is InChI=1S/C34H41BrClN5O3.C29H33BrClN5O.CH4O/c1-34(2,3)44-33(43)41-13-10-24(17-29(41)32(42)40-12-4-5-22(20-40)19-39-14-11-37-21-39)30-28-9-8-27(36)16-23(28)6-7-25-15-26(35)18-38-31(25)30;30-23-12-22-4-3-20-13-24(31)5-6-25(20)27(28(22)34-15-23)21-7-8-33-26(14-21)29(37)36-10-1-2-19(17-36)16-35-11-9-32-18-35;1-2/h8-9,11,14-16,18,21-22,24,29-30H,4-7,10,12-13,17,19-20H2,1-3H3;5-6,9,11-13,15,18-19,21,26-27,33H,1-4,7-8,10,14,16-17H2;2H,1H3. The predicted molar refractivity (Wildman–Crippen MR) is 330 cm³/mol. The van der Waals surface area contributed by atoms with E-state index >= 15 is 0 Å². The molecule has 4 saturated heterocycles. The van der Waals surface area contributed by atoms with Gasteiger partial charge in [-0.2, -0.15) is 0 Å². The van der Waals surface area contributed by atoms with Crippen LogP contribution in [0, 0.1) is 23.7 Å². The number of carbonyl (C=O) groups excluding carboxylic acids is 3. The first-order chi connectivity index (χ1) is 40.1. The number of hydrogen-bond donors (Lipinski definition) is 2. The quantitative estimate of drug-likeness (QED) is 0.150. The number of nitrogens with one attached hydrogen (secondary N) is 1. The number of aromatic nitrogens is 6. The van der Waals surface area contributed by atoms with Crippen LogP contribution >= 0.6 is 55.1 Å². The number of aliphatic hydroxyl groups excluding tert-OH is 1. The molecule has 0 spiro atoms. The Morgan fingerprint density at radius 3 is 1.67 bits per heavy atom. The van der Waals surface area contributed by atoms with Crippen LogP contribution in [0.3, 0.4) is 0 Å². The Morgan fingerprint density at radius 1 is 0.663 bits per heavy atom. The number of fused-ring (bicyclic) bond motifs is 4. The van der Waals surface area contributed by atoms with Crippen LogP contribution in [0.4, 0.5) is 4.79 Å². The van der Waals surface area contributed by atoms with E-state index in [9.17, 15) is 14.4 Å². The predicted octanol–water partition coefficient (Wildman–Crippen LogP) is 11.7. The van der Waals surface area contributed by atoms with Crippen LogP contribution in [0.1, 0.15) is 129 Å². The lowest BCUT2D eigenvalue weighted by Crippen LogP contribution is -2.57. The van der Waals surface area contributed by atoms with Gasteiger partial charge in [0.25, 0.3) is 0 Å². The summed E-state index contributed by atoms with van der Waals surface area (Å²) >= 11 is 20.1. The number of likely N-dealkylation sites (tertiary alicyclic amines) is 3. The average molecular weight is 1300 g/mol. The van der Waals surface area contributed by atoms with Crippen molar-refractivity contribution in [3.05, 3.63) is 162 Å². The van der Waals surface area contributed by atoms with E-state index in [1.807, 2.05) is 81.4 Å². The van der Waals surface area contributed by atoms with Crippen molar-refractivity contribution in [2.75, 3.05) is 46.4 Å². The first kappa shape index (κ1) is 60.9. The molecule has 15 nitrogen and oxygen atoms in total. The SMILES string of the molecule is CC(C)(C)OC(=O)N1CCC(C2c3ccc(Cl)cc3CCc3cc(Br)cnc32)CC1C(=O)N1CCCC(Cn2ccnc2)C1.CO.O=C(C1CC(C2c3ccc(Cl)cc3CCc3cc(Br)cnc32)CCN1)N1CCCC(Cn2ccnc2)C1. The minimum Gasteiger partial charge on any atom is -0.444 e. The maximum Gasteiger partial charge on any atom is 0.410 e. The second-order valence-corrected chi connectivity index (χ2v) is 27.1. The van der Waals surface area contributed by atoms with Gasteiger partial charge in [-0.3, -0.25) is 24.5 Å². The second-order valence-electron chi connectivity index (χ2n) is 24.4. The number of pyridine rings is 2. The van der Waals surface area contributed by atoms with Gasteiger partial charge in [-0.15, -0.1) is 0 Å². The number of piperidine rings is 4. The number of nitrogens with zero attached hydrogens (tertiary/aromatic N) is 9. The van der Waals surface area contributed by atoms with Crippen molar-refractivity contribution in [1.29, 1.82) is 0 Å². The summed E-state index contributed by atoms with van der Waals surface area (Å²) in [5, 5.41) is 12.1. The Morgan fingerprint density at radius 2 is 1.17 bits per heavy atom. The lowest BCUT2D eigenvalue weighted by Gasteiger charge is -2.44. The lowest BCUT2D eigenvalue weighted by atomic mass is 9.74. The average Bonchev–Trinajstić information content (AvgIpc) is 4.23. The molecule has 6 aliphatic rings. The Hall–Kier alpha value is -5.17. The van der Waals surface area contributed by atoms with Crippen molar-refractivity contribution in [1.82, 2.24) is 49.1 Å². The van der Waals surface area contributed by atoms with E-state index in [4.69, 9.17) is 43.0 Å². The van der Waals surface area contributed by atoms with Crippen molar-refractivity contribution >= 4 is 73.0 Å². The van der Waals surface area contributed by atoms with Gasteiger partial charge in [0.1, 0.15) is 11.6 Å². The summed E-state index contributed by atoms with van der Waals surface area (Å²) in [5.74, 6) is 1.71. The molecule has 8 heterocycles. The van der Waals surface area contributed by atoms with E-state index < -0.39 is 17.7 Å². The molecule has 6 aromatic rings. The molecule has 2 N–H and O–H groups in total. The number of benzene rings is 2. The van der Waals surface area contributed by atoms with Crippen molar-refractivity contribution in [3.63, 3.8) is 0 Å². The van der Waals surface area contributed by atoms with Crippen LogP contribution in [-0.2, 0) is 53.1 Å². The zero-order valence-electron chi connectivity index (χ0n) is 48.1. The maximum atomic E-state index is 14.5. The van der Waals surface area contributed by atoms with Gasteiger partial charge in [0.2, 0.25) is 11.8 Å². The minimum absolute atomic E-state index is 0.000650. The molecular weight excluding hydrogens is 1220 g/mol. The number of carbonyl (C=O) groups is 3. The van der Waals surface area contributed by atoms with Crippen LogP contribution in [0.5, 0.6) is 0 Å². The van der Waals surface area contributed by atoms with Gasteiger partial charge in [0, 0.05) is 121 Å². The summed E-state index contributed by atoms with van der Waals surface area (Å²) in [6.07, 6.45) is 25.7.